The number of hydrogen-bond donors (Lipinski definition) is 1. The number of nitrogens with zero attached hydrogens (tertiary/aromatic N) is 1. The molecule has 1 aliphatic rings. The van der Waals surface area contributed by atoms with E-state index in [1.165, 1.54) is 0 Å². The summed E-state index contributed by atoms with van der Waals surface area (Å²) >= 11 is 5.92. The van der Waals surface area contributed by atoms with Gasteiger partial charge in [0.1, 0.15) is 5.54 Å². The molecule has 1 atom stereocenters. The van der Waals surface area contributed by atoms with E-state index in [0.29, 0.717) is 34.7 Å². The highest BCUT2D eigenvalue weighted by Gasteiger charge is 2.45. The van der Waals surface area contributed by atoms with Gasteiger partial charge in [-0.3, -0.25) is 9.79 Å². The second-order valence-electron chi connectivity index (χ2n) is 6.04. The Morgan fingerprint density at radius 2 is 1.88 bits per heavy atom. The fraction of sp³-hybridized carbons (Fsp3) is 0.421. The lowest BCUT2D eigenvalue weighted by atomic mass is 9.83. The second kappa shape index (κ2) is 7.83. The van der Waals surface area contributed by atoms with Gasteiger partial charge in [-0.1, -0.05) is 30.7 Å². The van der Waals surface area contributed by atoms with Crippen LogP contribution in [0.2, 0.25) is 5.02 Å². The maximum Gasteiger partial charge on any atom is 0.336 e. The number of carbonyl (C=O) groups is 2. The number of benzene rings is 1. The van der Waals surface area contributed by atoms with Gasteiger partial charge in [0, 0.05) is 17.2 Å². The molecule has 1 aliphatic heterocycles. The number of hydrogen-bond acceptors (Lipinski definition) is 4. The van der Waals surface area contributed by atoms with Crippen molar-refractivity contribution in [3.8, 4) is 0 Å². The van der Waals surface area contributed by atoms with E-state index >= 15 is 0 Å². The minimum absolute atomic E-state index is 0.231. The molecule has 0 saturated heterocycles. The van der Waals surface area contributed by atoms with Gasteiger partial charge >= 0.3 is 11.9 Å². The summed E-state index contributed by atoms with van der Waals surface area (Å²) in [6.45, 7) is 5.60. The van der Waals surface area contributed by atoms with Crippen molar-refractivity contribution in [2.45, 2.75) is 45.6 Å². The molecule has 1 N–H and O–H groups in total. The van der Waals surface area contributed by atoms with Crippen molar-refractivity contribution in [2.24, 2.45) is 4.99 Å². The molecule has 6 heteroatoms. The number of carboxylic acids is 1. The average Bonchev–Trinajstić information content (AvgIpc) is 2.81. The molecule has 1 unspecified atom stereocenters. The lowest BCUT2D eigenvalue weighted by Crippen LogP contribution is -2.34. The van der Waals surface area contributed by atoms with Crippen LogP contribution in [0, 0.1) is 0 Å². The number of carboxylic acid groups (broad SMARTS) is 1. The molecule has 25 heavy (non-hydrogen) atoms. The Bertz CT molecular complexity index is 736. The molecule has 0 saturated carbocycles. The molecule has 5 nitrogen and oxygen atoms in total. The molecule has 134 valence electrons. The van der Waals surface area contributed by atoms with Gasteiger partial charge in [-0.15, -0.1) is 0 Å². The third kappa shape index (κ3) is 4.10. The number of allylic oxidation sites excluding steroid dienone is 1. The molecule has 0 amide bonds. The number of ether oxygens (including phenoxy) is 1. The van der Waals surface area contributed by atoms with Crippen molar-refractivity contribution < 1.29 is 19.4 Å². The third-order valence-electron chi connectivity index (χ3n) is 4.42. The van der Waals surface area contributed by atoms with Crippen molar-refractivity contribution in [3.05, 3.63) is 46.0 Å². The SMILES string of the molecule is CCOC(=O)C1=C(C)C(Cc2ccc(Cl)cc2)=NC1(CC)CC(=O)O. The maximum absolute atomic E-state index is 12.5. The lowest BCUT2D eigenvalue weighted by molar-refractivity contribution is -0.140. The van der Waals surface area contributed by atoms with Crippen molar-refractivity contribution in [1.82, 2.24) is 0 Å². The number of carbonyl (C=O) groups excluding carboxylic acids is 1. The van der Waals surface area contributed by atoms with Crippen LogP contribution < -0.4 is 0 Å². The van der Waals surface area contributed by atoms with Crippen LogP contribution in [0.4, 0.5) is 0 Å². The van der Waals surface area contributed by atoms with Crippen LogP contribution in [0.25, 0.3) is 0 Å². The average molecular weight is 364 g/mol. The van der Waals surface area contributed by atoms with Gasteiger partial charge in [-0.25, -0.2) is 4.79 Å². The van der Waals surface area contributed by atoms with Gasteiger partial charge in [-0.2, -0.15) is 0 Å². The molecule has 1 aromatic carbocycles. The fourth-order valence-electron chi connectivity index (χ4n) is 3.16. The van der Waals surface area contributed by atoms with E-state index in [0.717, 1.165) is 5.56 Å². The molecule has 2 rings (SSSR count). The molecule has 0 spiro atoms. The van der Waals surface area contributed by atoms with Gasteiger partial charge in [0.25, 0.3) is 0 Å². The van der Waals surface area contributed by atoms with Crippen LogP contribution in [-0.4, -0.2) is 34.9 Å². The van der Waals surface area contributed by atoms with E-state index in [-0.39, 0.29) is 13.0 Å². The highest BCUT2D eigenvalue weighted by atomic mass is 35.5. The van der Waals surface area contributed by atoms with Gasteiger partial charge in [-0.05, 0) is 43.5 Å². The normalized spacial score (nSPS) is 19.8. The summed E-state index contributed by atoms with van der Waals surface area (Å²) in [5.74, 6) is -1.48. The van der Waals surface area contributed by atoms with E-state index in [4.69, 9.17) is 16.3 Å². The van der Waals surface area contributed by atoms with Crippen LogP contribution in [0.15, 0.2) is 40.4 Å². The predicted octanol–water partition coefficient (Wildman–Crippen LogP) is 3.84. The molecular formula is C19H22ClNO4. The second-order valence-corrected chi connectivity index (χ2v) is 6.47. The quantitative estimate of drug-likeness (QED) is 0.747. The zero-order valence-electron chi connectivity index (χ0n) is 14.6. The molecule has 0 fully saturated rings. The Hall–Kier alpha value is -2.14. The van der Waals surface area contributed by atoms with Crippen molar-refractivity contribution in [3.63, 3.8) is 0 Å². The Balaban J connectivity index is 2.45. The van der Waals surface area contributed by atoms with Crippen LogP contribution in [0.3, 0.4) is 0 Å². The fourth-order valence-corrected chi connectivity index (χ4v) is 3.29. The third-order valence-corrected chi connectivity index (χ3v) is 4.67. The van der Waals surface area contributed by atoms with E-state index in [9.17, 15) is 14.7 Å². The topological polar surface area (TPSA) is 76.0 Å². The minimum atomic E-state index is -1.07. The predicted molar refractivity (Wildman–Crippen MR) is 97.2 cm³/mol. The number of esters is 1. The van der Waals surface area contributed by atoms with Gasteiger partial charge < -0.3 is 9.84 Å². The first-order chi connectivity index (χ1) is 11.8. The summed E-state index contributed by atoms with van der Waals surface area (Å²) in [4.78, 5) is 28.6. The number of aliphatic imine (C=N–C) groups is 1. The minimum Gasteiger partial charge on any atom is -0.481 e. The Labute approximate surface area is 152 Å². The molecule has 0 aromatic heterocycles. The molecule has 0 bridgehead atoms. The highest BCUT2D eigenvalue weighted by molar-refractivity contribution is 6.30. The standard InChI is InChI=1S/C19H22ClNO4/c1-4-19(11-16(22)23)17(18(24)25-5-2)12(3)15(21-19)10-13-6-8-14(20)9-7-13/h6-9H,4-5,10-11H2,1-3H3,(H,22,23). The van der Waals surface area contributed by atoms with E-state index in [2.05, 4.69) is 4.99 Å². The van der Waals surface area contributed by atoms with E-state index < -0.39 is 17.5 Å². The smallest absolute Gasteiger partial charge is 0.336 e. The Morgan fingerprint density at radius 3 is 2.40 bits per heavy atom. The first-order valence-electron chi connectivity index (χ1n) is 8.26. The summed E-state index contributed by atoms with van der Waals surface area (Å²) in [7, 11) is 0. The number of aliphatic carboxylic acids is 1. The molecule has 0 radical (unpaired) electrons. The van der Waals surface area contributed by atoms with Gasteiger partial charge in [0.15, 0.2) is 0 Å². The van der Waals surface area contributed by atoms with Crippen molar-refractivity contribution in [1.29, 1.82) is 0 Å². The van der Waals surface area contributed by atoms with Crippen molar-refractivity contribution >= 4 is 29.3 Å². The first kappa shape index (κ1) is 19.2. The highest BCUT2D eigenvalue weighted by Crippen LogP contribution is 2.39. The maximum atomic E-state index is 12.5. The van der Waals surface area contributed by atoms with Gasteiger partial charge in [0.2, 0.25) is 0 Å². The van der Waals surface area contributed by atoms with Crippen LogP contribution in [0.5, 0.6) is 0 Å². The summed E-state index contributed by atoms with van der Waals surface area (Å²) in [5, 5.41) is 9.98. The number of rotatable bonds is 7. The van der Waals surface area contributed by atoms with Crippen molar-refractivity contribution in [2.75, 3.05) is 6.61 Å². The molecule has 1 aromatic rings. The largest absolute Gasteiger partial charge is 0.481 e. The van der Waals surface area contributed by atoms with Gasteiger partial charge in [0.05, 0.1) is 18.6 Å². The molecule has 1 heterocycles. The first-order valence-corrected chi connectivity index (χ1v) is 8.64. The molecular weight excluding hydrogens is 342 g/mol. The zero-order valence-corrected chi connectivity index (χ0v) is 15.4. The number of halogens is 1. The monoisotopic (exact) mass is 363 g/mol. The summed E-state index contributed by atoms with van der Waals surface area (Å²) in [5.41, 5.74) is 1.71. The lowest BCUT2D eigenvalue weighted by Gasteiger charge is -2.25. The van der Waals surface area contributed by atoms with E-state index in [1.54, 1.807) is 26.0 Å². The zero-order chi connectivity index (χ0) is 18.6. The van der Waals surface area contributed by atoms with Crippen LogP contribution >= 0.6 is 11.6 Å². The summed E-state index contributed by atoms with van der Waals surface area (Å²) in [6, 6.07) is 7.38. The summed E-state index contributed by atoms with van der Waals surface area (Å²) < 4.78 is 5.17. The summed E-state index contributed by atoms with van der Waals surface area (Å²) in [6.07, 6.45) is 0.682. The van der Waals surface area contributed by atoms with Crippen LogP contribution in [0.1, 0.15) is 39.2 Å². The molecule has 0 aliphatic carbocycles. The Kier molecular flexibility index (Phi) is 6.01. The van der Waals surface area contributed by atoms with Crippen LogP contribution in [-0.2, 0) is 20.7 Å². The van der Waals surface area contributed by atoms with E-state index in [1.807, 2.05) is 19.1 Å². The Morgan fingerprint density at radius 1 is 1.24 bits per heavy atom.